The lowest BCUT2D eigenvalue weighted by molar-refractivity contribution is -0.133. The molecule has 0 amide bonds. The van der Waals surface area contributed by atoms with E-state index in [9.17, 15) is 9.90 Å². The van der Waals surface area contributed by atoms with E-state index in [-0.39, 0.29) is 29.4 Å². The molecule has 7 heteroatoms. The van der Waals surface area contributed by atoms with E-state index in [0.717, 1.165) is 12.8 Å². The molecular weight excluding hydrogens is 432 g/mol. The van der Waals surface area contributed by atoms with Crippen molar-refractivity contribution >= 4 is 28.3 Å². The number of halogens is 1. The monoisotopic (exact) mass is 458 g/mol. The Hall–Kier alpha value is -3.12. The number of para-hydroxylation sites is 1. The molecule has 170 valence electrons. The summed E-state index contributed by atoms with van der Waals surface area (Å²) in [5.41, 5.74) is 0.699. The number of fused-ring (bicyclic) bond motifs is 1. The highest BCUT2D eigenvalue weighted by Crippen LogP contribution is 2.51. The highest BCUT2D eigenvalue weighted by molar-refractivity contribution is 6.31. The van der Waals surface area contributed by atoms with Gasteiger partial charge in [0.05, 0.1) is 26.7 Å². The van der Waals surface area contributed by atoms with Gasteiger partial charge < -0.3 is 24.1 Å². The summed E-state index contributed by atoms with van der Waals surface area (Å²) in [6, 6.07) is 12.2. The molecule has 3 aromatic carbocycles. The Labute approximate surface area is 192 Å². The number of carbonyl (C=O) groups is 1. The first-order chi connectivity index (χ1) is 15.5. The van der Waals surface area contributed by atoms with Crippen molar-refractivity contribution in [1.82, 2.24) is 0 Å². The van der Waals surface area contributed by atoms with Gasteiger partial charge in [-0.15, -0.1) is 0 Å². The minimum absolute atomic E-state index is 0.00165. The summed E-state index contributed by atoms with van der Waals surface area (Å²) in [5, 5.41) is 12.3. The van der Waals surface area contributed by atoms with Crippen LogP contribution in [-0.2, 0) is 11.2 Å². The second-order valence-corrected chi connectivity index (χ2v) is 7.62. The van der Waals surface area contributed by atoms with Crippen molar-refractivity contribution in [3.8, 4) is 28.7 Å². The van der Waals surface area contributed by atoms with Crippen LogP contribution < -0.4 is 18.9 Å². The normalized spacial score (nSPS) is 10.8. The third-order valence-corrected chi connectivity index (χ3v) is 4.99. The van der Waals surface area contributed by atoms with Crippen LogP contribution in [-0.4, -0.2) is 31.4 Å². The van der Waals surface area contributed by atoms with Gasteiger partial charge >= 0.3 is 5.97 Å². The summed E-state index contributed by atoms with van der Waals surface area (Å²) in [6.45, 7) is 4.63. The number of hydrogen-bond donors (Lipinski definition) is 1. The van der Waals surface area contributed by atoms with Gasteiger partial charge in [0, 0.05) is 21.4 Å². The topological polar surface area (TPSA) is 74.2 Å². The smallest absolute Gasteiger partial charge is 0.315 e. The summed E-state index contributed by atoms with van der Waals surface area (Å²) in [4.78, 5) is 12.9. The van der Waals surface area contributed by atoms with E-state index < -0.39 is 5.97 Å². The fourth-order valence-electron chi connectivity index (χ4n) is 3.29. The Morgan fingerprint density at radius 2 is 1.62 bits per heavy atom. The van der Waals surface area contributed by atoms with E-state index in [0.29, 0.717) is 40.3 Å². The minimum atomic E-state index is -0.501. The molecule has 1 N–H and O–H groups in total. The summed E-state index contributed by atoms with van der Waals surface area (Å²) in [7, 11) is 1.55. The van der Waals surface area contributed by atoms with Gasteiger partial charge in [0.25, 0.3) is 0 Å². The third kappa shape index (κ3) is 5.19. The van der Waals surface area contributed by atoms with Gasteiger partial charge in [0.15, 0.2) is 11.5 Å². The predicted octanol–water partition coefficient (Wildman–Crippen LogP) is 5.93. The summed E-state index contributed by atoms with van der Waals surface area (Å²) < 4.78 is 22.9. The van der Waals surface area contributed by atoms with E-state index in [1.54, 1.807) is 37.4 Å². The zero-order valence-electron chi connectivity index (χ0n) is 18.4. The van der Waals surface area contributed by atoms with Crippen LogP contribution in [0.3, 0.4) is 0 Å². The van der Waals surface area contributed by atoms with Crippen LogP contribution in [0.25, 0.3) is 10.8 Å². The number of esters is 1. The molecule has 6 nitrogen and oxygen atoms in total. The molecule has 0 aliphatic carbocycles. The molecular formula is C25H27ClO6. The average molecular weight is 459 g/mol. The molecule has 0 saturated heterocycles. The van der Waals surface area contributed by atoms with Crippen molar-refractivity contribution in [2.75, 3.05) is 20.3 Å². The Balaban J connectivity index is 2.09. The fraction of sp³-hybridized carbons (Fsp3) is 0.320. The molecule has 0 unspecified atom stereocenters. The number of phenolic OH excluding ortho intramolecular Hbond substituents is 1. The molecule has 3 rings (SSSR count). The third-order valence-electron chi connectivity index (χ3n) is 4.75. The molecule has 0 saturated carbocycles. The molecule has 0 aliphatic rings. The van der Waals surface area contributed by atoms with E-state index in [4.69, 9.17) is 30.5 Å². The van der Waals surface area contributed by atoms with Crippen LogP contribution in [0.4, 0.5) is 0 Å². The van der Waals surface area contributed by atoms with Crippen LogP contribution in [0.1, 0.15) is 32.3 Å². The number of methoxy groups -OCH3 is 1. The number of carbonyl (C=O) groups excluding carboxylic acids is 1. The van der Waals surface area contributed by atoms with Crippen molar-refractivity contribution in [3.05, 3.63) is 53.1 Å². The quantitative estimate of drug-likeness (QED) is 0.299. The lowest BCUT2D eigenvalue weighted by atomic mass is 10.1. The highest BCUT2D eigenvalue weighted by Gasteiger charge is 2.26. The molecule has 0 atom stereocenters. The Kier molecular flexibility index (Phi) is 8.06. The largest absolute Gasteiger partial charge is 0.504 e. The minimum Gasteiger partial charge on any atom is -0.504 e. The molecule has 0 spiro atoms. The maximum Gasteiger partial charge on any atom is 0.315 e. The fourth-order valence-corrected chi connectivity index (χ4v) is 3.47. The number of hydrogen-bond acceptors (Lipinski definition) is 6. The lowest BCUT2D eigenvalue weighted by Gasteiger charge is -2.20. The predicted molar refractivity (Wildman–Crippen MR) is 125 cm³/mol. The molecule has 0 bridgehead atoms. The van der Waals surface area contributed by atoms with Crippen molar-refractivity contribution < 1.29 is 28.8 Å². The van der Waals surface area contributed by atoms with E-state index in [1.807, 2.05) is 26.0 Å². The first-order valence-electron chi connectivity index (χ1n) is 10.6. The van der Waals surface area contributed by atoms with Crippen LogP contribution in [0.15, 0.2) is 42.5 Å². The Bertz CT molecular complexity index is 1100. The number of aromatic hydroxyl groups is 1. The van der Waals surface area contributed by atoms with Gasteiger partial charge in [0.1, 0.15) is 5.75 Å². The summed E-state index contributed by atoms with van der Waals surface area (Å²) in [6.07, 6.45) is 1.45. The van der Waals surface area contributed by atoms with Crippen molar-refractivity contribution in [3.63, 3.8) is 0 Å². The first-order valence-corrected chi connectivity index (χ1v) is 10.9. The van der Waals surface area contributed by atoms with Crippen molar-refractivity contribution in [1.29, 1.82) is 0 Å². The Morgan fingerprint density at radius 1 is 0.938 bits per heavy atom. The second kappa shape index (κ2) is 11.0. The van der Waals surface area contributed by atoms with Crippen molar-refractivity contribution in [2.24, 2.45) is 0 Å². The average Bonchev–Trinajstić information content (AvgIpc) is 2.79. The number of benzene rings is 3. The van der Waals surface area contributed by atoms with Gasteiger partial charge in [-0.25, -0.2) is 0 Å². The van der Waals surface area contributed by atoms with Crippen molar-refractivity contribution in [2.45, 2.75) is 33.1 Å². The lowest BCUT2D eigenvalue weighted by Crippen LogP contribution is -2.14. The maximum absolute atomic E-state index is 12.9. The SMILES string of the molecule is CCCOc1c(OCCC)c(OC(=O)Cc2ccccc2OC)c2ccc(Cl)cc2c1O. The highest BCUT2D eigenvalue weighted by atomic mass is 35.5. The maximum atomic E-state index is 12.9. The van der Waals surface area contributed by atoms with Gasteiger partial charge in [0.2, 0.25) is 11.5 Å². The number of ether oxygens (including phenoxy) is 4. The summed E-state index contributed by atoms with van der Waals surface area (Å²) >= 11 is 6.16. The molecule has 0 radical (unpaired) electrons. The van der Waals surface area contributed by atoms with Crippen LogP contribution in [0, 0.1) is 0 Å². The van der Waals surface area contributed by atoms with Crippen LogP contribution >= 0.6 is 11.6 Å². The zero-order valence-corrected chi connectivity index (χ0v) is 19.2. The molecule has 0 aromatic heterocycles. The zero-order chi connectivity index (χ0) is 23.1. The number of rotatable bonds is 10. The molecule has 0 aliphatic heterocycles. The van der Waals surface area contributed by atoms with Crippen LogP contribution in [0.2, 0.25) is 5.02 Å². The standard InChI is InChI=1S/C25H27ClO6/c1-4-12-30-24-22(28)19-15-17(26)10-11-18(19)23(25(24)31-13-5-2)32-21(27)14-16-8-6-7-9-20(16)29-3/h6-11,15,28H,4-5,12-14H2,1-3H3. The van der Waals surface area contributed by atoms with E-state index in [1.165, 1.54) is 0 Å². The van der Waals surface area contributed by atoms with Gasteiger partial charge in [-0.2, -0.15) is 0 Å². The Morgan fingerprint density at radius 3 is 2.31 bits per heavy atom. The van der Waals surface area contributed by atoms with Gasteiger partial charge in [-0.1, -0.05) is 43.6 Å². The van der Waals surface area contributed by atoms with Gasteiger partial charge in [-0.05, 0) is 37.1 Å². The summed E-state index contributed by atoms with van der Waals surface area (Å²) in [5.74, 6) is 0.511. The first kappa shape index (κ1) is 23.5. The van der Waals surface area contributed by atoms with Crippen LogP contribution in [0.5, 0.6) is 28.7 Å². The van der Waals surface area contributed by atoms with Gasteiger partial charge in [-0.3, -0.25) is 4.79 Å². The molecule has 3 aromatic rings. The molecule has 32 heavy (non-hydrogen) atoms. The second-order valence-electron chi connectivity index (χ2n) is 7.19. The molecule has 0 heterocycles. The molecule has 0 fully saturated rings. The number of phenols is 1. The van der Waals surface area contributed by atoms with E-state index >= 15 is 0 Å². The van der Waals surface area contributed by atoms with E-state index in [2.05, 4.69) is 0 Å².